The van der Waals surface area contributed by atoms with Crippen molar-refractivity contribution >= 4 is 34.1 Å². The molecule has 0 atom stereocenters. The van der Waals surface area contributed by atoms with E-state index in [0.29, 0.717) is 23.0 Å². The van der Waals surface area contributed by atoms with Crippen LogP contribution in [0.4, 0.5) is 5.69 Å². The third-order valence-electron chi connectivity index (χ3n) is 5.42. The van der Waals surface area contributed by atoms with Crippen LogP contribution in [0.1, 0.15) is 11.1 Å². The van der Waals surface area contributed by atoms with Gasteiger partial charge in [-0.05, 0) is 47.5 Å². The number of aromatic nitrogens is 1. The van der Waals surface area contributed by atoms with Gasteiger partial charge in [0.2, 0.25) is 5.91 Å². The molecule has 0 saturated carbocycles. The smallest absolute Gasteiger partial charge is 0.228 e. The molecule has 0 saturated heterocycles. The molecule has 0 aliphatic carbocycles. The van der Waals surface area contributed by atoms with Crippen molar-refractivity contribution in [3.63, 3.8) is 0 Å². The molecule has 0 bridgehead atoms. The summed E-state index contributed by atoms with van der Waals surface area (Å²) in [6, 6.07) is 19.0. The average molecular weight is 465 g/mol. The van der Waals surface area contributed by atoms with Gasteiger partial charge >= 0.3 is 0 Å². The van der Waals surface area contributed by atoms with E-state index in [1.165, 1.54) is 0 Å². The summed E-state index contributed by atoms with van der Waals surface area (Å²) in [6.45, 7) is 0.609. The molecule has 0 aliphatic rings. The number of anilines is 1. The third-order valence-corrected chi connectivity index (χ3v) is 5.66. The highest BCUT2D eigenvalue weighted by Crippen LogP contribution is 2.29. The van der Waals surface area contributed by atoms with Gasteiger partial charge in [0.15, 0.2) is 0 Å². The maximum Gasteiger partial charge on any atom is 0.228 e. The number of fused-ring (bicyclic) bond motifs is 1. The summed E-state index contributed by atoms with van der Waals surface area (Å²) < 4.78 is 18.3. The molecule has 7 heteroatoms. The monoisotopic (exact) mass is 464 g/mol. The summed E-state index contributed by atoms with van der Waals surface area (Å²) in [5.74, 6) is 1.87. The Labute approximate surface area is 197 Å². The average Bonchev–Trinajstić information content (AvgIpc) is 3.15. The zero-order valence-corrected chi connectivity index (χ0v) is 19.5. The molecule has 170 valence electrons. The Kier molecular flexibility index (Phi) is 6.75. The maximum absolute atomic E-state index is 12.9. The van der Waals surface area contributed by atoms with Gasteiger partial charge in [0.25, 0.3) is 0 Å². The number of nitrogens with zero attached hydrogens (tertiary/aromatic N) is 1. The fourth-order valence-electron chi connectivity index (χ4n) is 3.89. The van der Waals surface area contributed by atoms with E-state index < -0.39 is 0 Å². The van der Waals surface area contributed by atoms with Gasteiger partial charge in [-0.3, -0.25) is 4.79 Å². The van der Waals surface area contributed by atoms with Crippen LogP contribution in [-0.4, -0.2) is 31.8 Å². The molecule has 6 nitrogen and oxygen atoms in total. The van der Waals surface area contributed by atoms with Crippen molar-refractivity contribution in [3.8, 4) is 17.2 Å². The lowest BCUT2D eigenvalue weighted by Crippen LogP contribution is -2.15. The summed E-state index contributed by atoms with van der Waals surface area (Å²) in [5, 5.41) is 4.47. The van der Waals surface area contributed by atoms with Crippen LogP contribution in [0.15, 0.2) is 66.9 Å². The summed E-state index contributed by atoms with van der Waals surface area (Å²) in [4.78, 5) is 12.9. The van der Waals surface area contributed by atoms with E-state index in [-0.39, 0.29) is 12.3 Å². The van der Waals surface area contributed by atoms with E-state index in [1.807, 2.05) is 48.7 Å². The van der Waals surface area contributed by atoms with Crippen molar-refractivity contribution in [1.29, 1.82) is 0 Å². The van der Waals surface area contributed by atoms with Crippen LogP contribution in [0.2, 0.25) is 5.02 Å². The minimum atomic E-state index is -0.151. The minimum absolute atomic E-state index is 0.151. The van der Waals surface area contributed by atoms with E-state index in [0.717, 1.165) is 33.5 Å². The second-order valence-corrected chi connectivity index (χ2v) is 8.03. The first-order chi connectivity index (χ1) is 16.0. The molecule has 0 fully saturated rings. The Morgan fingerprint density at radius 1 is 0.939 bits per heavy atom. The molecule has 0 spiro atoms. The summed E-state index contributed by atoms with van der Waals surface area (Å²) in [7, 11) is 4.82. The second kappa shape index (κ2) is 9.88. The SMILES string of the molecule is COc1cc(Cn2cc(CC(=O)Nc3cc(Cl)ccc3OC)c3ccccc32)cc(OC)c1. The molecule has 0 radical (unpaired) electrons. The van der Waals surface area contributed by atoms with Crippen molar-refractivity contribution in [1.82, 2.24) is 4.57 Å². The number of carbonyl (C=O) groups excluding carboxylic acids is 1. The van der Waals surface area contributed by atoms with Crippen molar-refractivity contribution in [2.45, 2.75) is 13.0 Å². The standard InChI is InChI=1S/C26H25ClN2O4/c1-31-20-10-17(11-21(14-20)32-2)15-29-16-18(22-6-4-5-7-24(22)29)12-26(30)28-23-13-19(27)8-9-25(23)33-3/h4-11,13-14,16H,12,15H2,1-3H3,(H,28,30). The van der Waals surface area contributed by atoms with Gasteiger partial charge in [-0.1, -0.05) is 29.8 Å². The second-order valence-electron chi connectivity index (χ2n) is 7.59. The quantitative estimate of drug-likeness (QED) is 0.371. The third kappa shape index (κ3) is 5.07. The molecular formula is C26H25ClN2O4. The molecule has 1 N–H and O–H groups in total. The van der Waals surface area contributed by atoms with Crippen LogP contribution in [0.5, 0.6) is 17.2 Å². The fraction of sp³-hybridized carbons (Fsp3) is 0.192. The number of hydrogen-bond donors (Lipinski definition) is 1. The molecule has 0 unspecified atom stereocenters. The molecule has 1 amide bonds. The van der Waals surface area contributed by atoms with Gasteiger partial charge in [-0.15, -0.1) is 0 Å². The zero-order valence-electron chi connectivity index (χ0n) is 18.7. The van der Waals surface area contributed by atoms with Gasteiger partial charge in [0.1, 0.15) is 17.2 Å². The van der Waals surface area contributed by atoms with Crippen molar-refractivity contribution < 1.29 is 19.0 Å². The first-order valence-electron chi connectivity index (χ1n) is 10.4. The van der Waals surface area contributed by atoms with E-state index in [1.54, 1.807) is 39.5 Å². The normalized spacial score (nSPS) is 10.8. The lowest BCUT2D eigenvalue weighted by atomic mass is 10.1. The minimum Gasteiger partial charge on any atom is -0.497 e. The van der Waals surface area contributed by atoms with Crippen LogP contribution < -0.4 is 19.5 Å². The van der Waals surface area contributed by atoms with Crippen LogP contribution in [0.25, 0.3) is 10.9 Å². The summed E-state index contributed by atoms with van der Waals surface area (Å²) in [5.41, 5.74) is 3.55. The van der Waals surface area contributed by atoms with Gasteiger partial charge in [-0.25, -0.2) is 0 Å². The number of benzene rings is 3. The fourth-order valence-corrected chi connectivity index (χ4v) is 4.07. The first-order valence-corrected chi connectivity index (χ1v) is 10.8. The number of carbonyl (C=O) groups is 1. The summed E-state index contributed by atoms with van der Waals surface area (Å²) in [6.07, 6.45) is 2.23. The van der Waals surface area contributed by atoms with E-state index in [4.69, 9.17) is 25.8 Å². The van der Waals surface area contributed by atoms with Crippen molar-refractivity contribution in [2.75, 3.05) is 26.6 Å². The molecule has 4 rings (SSSR count). The topological polar surface area (TPSA) is 61.7 Å². The lowest BCUT2D eigenvalue weighted by molar-refractivity contribution is -0.115. The highest BCUT2D eigenvalue weighted by Gasteiger charge is 2.15. The Bertz CT molecular complexity index is 1280. The maximum atomic E-state index is 12.9. The Morgan fingerprint density at radius 2 is 1.67 bits per heavy atom. The van der Waals surface area contributed by atoms with Gasteiger partial charge in [-0.2, -0.15) is 0 Å². The first kappa shape index (κ1) is 22.6. The van der Waals surface area contributed by atoms with Crippen molar-refractivity contribution in [2.24, 2.45) is 0 Å². The van der Waals surface area contributed by atoms with E-state index in [2.05, 4.69) is 9.88 Å². The molecule has 33 heavy (non-hydrogen) atoms. The number of hydrogen-bond acceptors (Lipinski definition) is 4. The zero-order chi connectivity index (χ0) is 23.4. The lowest BCUT2D eigenvalue weighted by Gasteiger charge is -2.10. The number of halogens is 1. The van der Waals surface area contributed by atoms with Gasteiger partial charge in [0, 0.05) is 34.7 Å². The summed E-state index contributed by atoms with van der Waals surface area (Å²) >= 11 is 6.09. The van der Waals surface area contributed by atoms with Gasteiger partial charge in [0.05, 0.1) is 33.4 Å². The highest BCUT2D eigenvalue weighted by molar-refractivity contribution is 6.31. The largest absolute Gasteiger partial charge is 0.497 e. The van der Waals surface area contributed by atoms with E-state index in [9.17, 15) is 4.79 Å². The number of amides is 1. The number of nitrogens with one attached hydrogen (secondary N) is 1. The predicted octanol–water partition coefficient (Wildman–Crippen LogP) is 5.55. The molecule has 1 aromatic heterocycles. The molecular weight excluding hydrogens is 440 g/mol. The van der Waals surface area contributed by atoms with Crippen molar-refractivity contribution in [3.05, 3.63) is 83.0 Å². The molecule has 3 aromatic carbocycles. The number of ether oxygens (including phenoxy) is 3. The van der Waals surface area contributed by atoms with Gasteiger partial charge < -0.3 is 24.1 Å². The Hall–Kier alpha value is -3.64. The number of para-hydroxylation sites is 1. The number of rotatable bonds is 8. The molecule has 1 heterocycles. The van der Waals surface area contributed by atoms with Crippen LogP contribution in [0.3, 0.4) is 0 Å². The molecule has 0 aliphatic heterocycles. The molecule has 4 aromatic rings. The Balaban J connectivity index is 1.61. The van der Waals surface area contributed by atoms with Crippen LogP contribution >= 0.6 is 11.6 Å². The van der Waals surface area contributed by atoms with Crippen LogP contribution in [-0.2, 0) is 17.8 Å². The number of methoxy groups -OCH3 is 3. The predicted molar refractivity (Wildman–Crippen MR) is 131 cm³/mol. The van der Waals surface area contributed by atoms with Crippen LogP contribution in [0, 0.1) is 0 Å². The van der Waals surface area contributed by atoms with E-state index >= 15 is 0 Å². The Morgan fingerprint density at radius 3 is 2.36 bits per heavy atom. The highest BCUT2D eigenvalue weighted by atomic mass is 35.5.